The Morgan fingerprint density at radius 2 is 1.92 bits per heavy atom. The van der Waals surface area contributed by atoms with Crippen LogP contribution in [-0.4, -0.2) is 12.2 Å². The third-order valence-corrected chi connectivity index (χ3v) is 3.60. The Bertz CT molecular complexity index is 175. The van der Waals surface area contributed by atoms with Crippen LogP contribution in [0.5, 0.6) is 0 Å². The van der Waals surface area contributed by atoms with Gasteiger partial charge in [-0.15, -0.1) is 0 Å². The summed E-state index contributed by atoms with van der Waals surface area (Å²) in [6, 6.07) is 0. The lowest BCUT2D eigenvalue weighted by Crippen LogP contribution is -2.36. The first-order valence-corrected chi connectivity index (χ1v) is 5.60. The molecule has 0 bridgehead atoms. The molecule has 0 aromatic rings. The molecule has 1 aliphatic heterocycles. The summed E-state index contributed by atoms with van der Waals surface area (Å²) in [6.45, 7) is 3.20. The maximum Gasteiger partial charge on any atom is 0.0690 e. The number of hydrogen-bond acceptors (Lipinski definition) is 1. The Kier molecular flexibility index (Phi) is 2.73. The molecule has 1 saturated carbocycles. The van der Waals surface area contributed by atoms with Crippen molar-refractivity contribution in [2.45, 2.75) is 51.0 Å². The third kappa shape index (κ3) is 2.14. The highest BCUT2D eigenvalue weighted by molar-refractivity contribution is 4.94. The maximum atomic E-state index is 5.99. The molecule has 0 aromatic heterocycles. The molecule has 0 N–H and O–H groups in total. The molecule has 1 aliphatic carbocycles. The molecule has 2 rings (SSSR count). The van der Waals surface area contributed by atoms with Gasteiger partial charge in [0.25, 0.3) is 0 Å². The second kappa shape index (κ2) is 3.83. The second-order valence-electron chi connectivity index (χ2n) is 4.69. The zero-order valence-corrected chi connectivity index (χ0v) is 8.59. The van der Waals surface area contributed by atoms with Crippen molar-refractivity contribution < 1.29 is 4.74 Å². The van der Waals surface area contributed by atoms with Crippen molar-refractivity contribution in [3.8, 4) is 0 Å². The average molecular weight is 180 g/mol. The van der Waals surface area contributed by atoms with E-state index < -0.39 is 0 Å². The van der Waals surface area contributed by atoms with E-state index in [1.807, 2.05) is 0 Å². The van der Waals surface area contributed by atoms with Crippen LogP contribution >= 0.6 is 0 Å². The third-order valence-electron chi connectivity index (χ3n) is 3.60. The van der Waals surface area contributed by atoms with Gasteiger partial charge in [-0.05, 0) is 44.4 Å². The Labute approximate surface area is 81.2 Å². The summed E-state index contributed by atoms with van der Waals surface area (Å²) in [5.74, 6) is 0.922. The largest absolute Gasteiger partial charge is 0.371 e. The normalized spacial score (nSPS) is 40.5. The van der Waals surface area contributed by atoms with Crippen molar-refractivity contribution in [2.75, 3.05) is 6.61 Å². The first-order chi connectivity index (χ1) is 6.31. The monoisotopic (exact) mass is 180 g/mol. The van der Waals surface area contributed by atoms with Gasteiger partial charge >= 0.3 is 0 Å². The van der Waals surface area contributed by atoms with E-state index in [0.717, 1.165) is 12.5 Å². The molecule has 0 atom stereocenters. The molecule has 2 aliphatic rings. The summed E-state index contributed by atoms with van der Waals surface area (Å²) in [4.78, 5) is 0. The van der Waals surface area contributed by atoms with E-state index >= 15 is 0 Å². The lowest BCUT2D eigenvalue weighted by atomic mass is 9.77. The molecule has 0 radical (unpaired) electrons. The van der Waals surface area contributed by atoms with Crippen LogP contribution in [0.15, 0.2) is 12.2 Å². The Morgan fingerprint density at radius 3 is 2.69 bits per heavy atom. The molecule has 74 valence electrons. The smallest absolute Gasteiger partial charge is 0.0690 e. The van der Waals surface area contributed by atoms with Gasteiger partial charge in [-0.3, -0.25) is 0 Å². The van der Waals surface area contributed by atoms with Gasteiger partial charge in [-0.25, -0.2) is 0 Å². The molecule has 1 nitrogen and oxygen atoms in total. The molecule has 0 amide bonds. The van der Waals surface area contributed by atoms with Crippen LogP contribution in [0.4, 0.5) is 0 Å². The molecular weight excluding hydrogens is 160 g/mol. The topological polar surface area (TPSA) is 9.23 Å². The van der Waals surface area contributed by atoms with E-state index in [0.29, 0.717) is 0 Å². The fourth-order valence-electron chi connectivity index (χ4n) is 2.51. The van der Waals surface area contributed by atoms with Gasteiger partial charge in [0.05, 0.1) is 12.2 Å². The van der Waals surface area contributed by atoms with Gasteiger partial charge in [0.2, 0.25) is 0 Å². The Hall–Kier alpha value is -0.300. The first-order valence-electron chi connectivity index (χ1n) is 5.60. The molecule has 0 aromatic carbocycles. The van der Waals surface area contributed by atoms with E-state index in [-0.39, 0.29) is 5.60 Å². The minimum atomic E-state index is 0.260. The van der Waals surface area contributed by atoms with Gasteiger partial charge < -0.3 is 4.74 Å². The van der Waals surface area contributed by atoms with Gasteiger partial charge in [-0.1, -0.05) is 19.1 Å². The summed E-state index contributed by atoms with van der Waals surface area (Å²) in [5.41, 5.74) is 0.260. The average Bonchev–Trinajstić information content (AvgIpc) is 2.37. The number of hydrogen-bond donors (Lipinski definition) is 0. The number of ether oxygens (including phenoxy) is 1. The zero-order chi connectivity index (χ0) is 9.15. The minimum Gasteiger partial charge on any atom is -0.371 e. The van der Waals surface area contributed by atoms with Crippen LogP contribution < -0.4 is 0 Å². The Balaban J connectivity index is 1.96. The summed E-state index contributed by atoms with van der Waals surface area (Å²) in [5, 5.41) is 0. The molecule has 13 heavy (non-hydrogen) atoms. The quantitative estimate of drug-likeness (QED) is 0.520. The van der Waals surface area contributed by atoms with Crippen LogP contribution in [0, 0.1) is 5.92 Å². The van der Waals surface area contributed by atoms with Gasteiger partial charge in [-0.2, -0.15) is 0 Å². The lowest BCUT2D eigenvalue weighted by molar-refractivity contribution is -0.0670. The van der Waals surface area contributed by atoms with Crippen LogP contribution in [-0.2, 0) is 4.74 Å². The molecule has 1 heteroatoms. The van der Waals surface area contributed by atoms with Crippen molar-refractivity contribution >= 4 is 0 Å². The van der Waals surface area contributed by atoms with Crippen LogP contribution in [0.1, 0.15) is 45.4 Å². The highest BCUT2D eigenvalue weighted by Crippen LogP contribution is 2.38. The SMILES string of the molecule is CC1CCC2(CCC=CCO2)CC1. The van der Waals surface area contributed by atoms with E-state index in [1.165, 1.54) is 38.5 Å². The standard InChI is InChI=1S/C12H20O/c1-11-5-8-12(9-6-11)7-3-2-4-10-13-12/h2,4,11H,3,5-10H2,1H3. The predicted octanol–water partition coefficient (Wildman–Crippen LogP) is 3.30. The summed E-state index contributed by atoms with van der Waals surface area (Å²) < 4.78 is 5.99. The van der Waals surface area contributed by atoms with Crippen molar-refractivity contribution in [2.24, 2.45) is 5.92 Å². The second-order valence-corrected chi connectivity index (χ2v) is 4.69. The summed E-state index contributed by atoms with van der Waals surface area (Å²) in [6.07, 6.45) is 12.2. The zero-order valence-electron chi connectivity index (χ0n) is 8.59. The van der Waals surface area contributed by atoms with Crippen molar-refractivity contribution in [1.29, 1.82) is 0 Å². The summed E-state index contributed by atoms with van der Waals surface area (Å²) in [7, 11) is 0. The lowest BCUT2D eigenvalue weighted by Gasteiger charge is -2.38. The predicted molar refractivity (Wildman–Crippen MR) is 54.7 cm³/mol. The van der Waals surface area contributed by atoms with E-state index in [1.54, 1.807) is 0 Å². The molecule has 1 fully saturated rings. The van der Waals surface area contributed by atoms with Gasteiger partial charge in [0, 0.05) is 0 Å². The van der Waals surface area contributed by atoms with E-state index in [9.17, 15) is 0 Å². The van der Waals surface area contributed by atoms with Crippen molar-refractivity contribution in [3.63, 3.8) is 0 Å². The van der Waals surface area contributed by atoms with Crippen LogP contribution in [0.25, 0.3) is 0 Å². The fraction of sp³-hybridized carbons (Fsp3) is 0.833. The first kappa shape index (κ1) is 9.26. The Morgan fingerprint density at radius 1 is 1.15 bits per heavy atom. The van der Waals surface area contributed by atoms with Crippen LogP contribution in [0.2, 0.25) is 0 Å². The summed E-state index contributed by atoms with van der Waals surface area (Å²) >= 11 is 0. The molecule has 0 saturated heterocycles. The molecule has 1 spiro atoms. The highest BCUT2D eigenvalue weighted by Gasteiger charge is 2.34. The van der Waals surface area contributed by atoms with E-state index in [4.69, 9.17) is 4.74 Å². The molecular formula is C12H20O. The molecule has 1 heterocycles. The van der Waals surface area contributed by atoms with Crippen molar-refractivity contribution in [3.05, 3.63) is 12.2 Å². The van der Waals surface area contributed by atoms with E-state index in [2.05, 4.69) is 19.1 Å². The van der Waals surface area contributed by atoms with Crippen molar-refractivity contribution in [1.82, 2.24) is 0 Å². The van der Waals surface area contributed by atoms with Crippen LogP contribution in [0.3, 0.4) is 0 Å². The minimum absolute atomic E-state index is 0.260. The van der Waals surface area contributed by atoms with Gasteiger partial charge in [0.15, 0.2) is 0 Å². The fourth-order valence-corrected chi connectivity index (χ4v) is 2.51. The number of allylic oxidation sites excluding steroid dienone is 1. The highest BCUT2D eigenvalue weighted by atomic mass is 16.5. The number of rotatable bonds is 0. The molecule has 0 unspecified atom stereocenters. The maximum absolute atomic E-state index is 5.99. The van der Waals surface area contributed by atoms with Gasteiger partial charge in [0.1, 0.15) is 0 Å².